The lowest BCUT2D eigenvalue weighted by Gasteiger charge is -2.21. The fourth-order valence-corrected chi connectivity index (χ4v) is 5.61. The highest BCUT2D eigenvalue weighted by molar-refractivity contribution is 7.90. The van der Waals surface area contributed by atoms with Crippen LogP contribution in [0.5, 0.6) is 0 Å². The van der Waals surface area contributed by atoms with Crippen molar-refractivity contribution in [1.82, 2.24) is 4.72 Å². The molecule has 0 spiro atoms. The van der Waals surface area contributed by atoms with E-state index in [1.54, 1.807) is 38.1 Å². The molecule has 0 aromatic heterocycles. The molecular weight excluding hydrogens is 420 g/mol. The number of ketones is 1. The second kappa shape index (κ2) is 8.55. The van der Waals surface area contributed by atoms with E-state index in [1.165, 1.54) is 6.08 Å². The van der Waals surface area contributed by atoms with Crippen LogP contribution in [-0.4, -0.2) is 19.9 Å². The zero-order valence-corrected chi connectivity index (χ0v) is 19.0. The molecule has 3 aromatic rings. The van der Waals surface area contributed by atoms with Gasteiger partial charge < -0.3 is 0 Å². The lowest BCUT2D eigenvalue weighted by atomic mass is 9.92. The van der Waals surface area contributed by atoms with Crippen molar-refractivity contribution in [3.05, 3.63) is 106 Å². The zero-order valence-electron chi connectivity index (χ0n) is 18.2. The van der Waals surface area contributed by atoms with Gasteiger partial charge in [0.1, 0.15) is 5.71 Å². The SMILES string of the molecule is Cc1cc(C)c(S(=O)(=O)NC2=CC(=NCc3ccccc3)C(=O)c3ccccc32)c(C)c1. The molecule has 6 heteroatoms. The number of sulfonamides is 1. The second-order valence-electron chi connectivity index (χ2n) is 7.95. The van der Waals surface area contributed by atoms with Crippen LogP contribution in [0.15, 0.2) is 82.7 Å². The molecule has 162 valence electrons. The number of nitrogens with zero attached hydrogens (tertiary/aromatic N) is 1. The van der Waals surface area contributed by atoms with E-state index < -0.39 is 10.0 Å². The van der Waals surface area contributed by atoms with Crippen LogP contribution in [0.3, 0.4) is 0 Å². The van der Waals surface area contributed by atoms with E-state index >= 15 is 0 Å². The number of hydrogen-bond donors (Lipinski definition) is 1. The molecule has 0 atom stereocenters. The summed E-state index contributed by atoms with van der Waals surface area (Å²) >= 11 is 0. The summed E-state index contributed by atoms with van der Waals surface area (Å²) in [5, 5.41) is 0. The molecule has 0 amide bonds. The molecule has 3 aromatic carbocycles. The number of rotatable bonds is 5. The summed E-state index contributed by atoms with van der Waals surface area (Å²) in [6.07, 6.45) is 1.53. The van der Waals surface area contributed by atoms with Crippen LogP contribution in [-0.2, 0) is 16.6 Å². The standard InChI is InChI=1S/C26H24N2O3S/c1-17-13-18(2)26(19(3)14-17)32(30,31)28-23-15-24(27-16-20-9-5-4-6-10-20)25(29)22-12-8-7-11-21(22)23/h4-15,28H,16H2,1-3H3. The second-order valence-corrected chi connectivity index (χ2v) is 9.57. The van der Waals surface area contributed by atoms with E-state index in [1.807, 2.05) is 49.4 Å². The highest BCUT2D eigenvalue weighted by Gasteiger charge is 2.28. The van der Waals surface area contributed by atoms with Crippen molar-refractivity contribution in [1.29, 1.82) is 0 Å². The molecule has 0 saturated carbocycles. The zero-order chi connectivity index (χ0) is 22.9. The maximum Gasteiger partial charge on any atom is 0.262 e. The molecule has 1 aliphatic rings. The molecule has 1 aliphatic carbocycles. The Morgan fingerprint density at radius 2 is 1.44 bits per heavy atom. The Labute approximate surface area is 188 Å². The van der Waals surface area contributed by atoms with Gasteiger partial charge >= 0.3 is 0 Å². The van der Waals surface area contributed by atoms with Crippen molar-refractivity contribution in [3.8, 4) is 0 Å². The number of fused-ring (bicyclic) bond motifs is 1. The maximum atomic E-state index is 13.4. The van der Waals surface area contributed by atoms with Crippen LogP contribution < -0.4 is 4.72 Å². The van der Waals surface area contributed by atoms with E-state index in [4.69, 9.17) is 0 Å². The molecule has 0 heterocycles. The number of carbonyl (C=O) groups excluding carboxylic acids is 1. The molecule has 0 bridgehead atoms. The van der Waals surface area contributed by atoms with Gasteiger partial charge in [-0.05, 0) is 43.5 Å². The van der Waals surface area contributed by atoms with Gasteiger partial charge in [0.05, 0.1) is 17.1 Å². The minimum absolute atomic E-state index is 0.220. The van der Waals surface area contributed by atoms with Crippen molar-refractivity contribution in [2.24, 2.45) is 4.99 Å². The number of aryl methyl sites for hydroxylation is 3. The molecule has 0 saturated heterocycles. The van der Waals surface area contributed by atoms with Crippen LogP contribution in [0.25, 0.3) is 5.70 Å². The summed E-state index contributed by atoms with van der Waals surface area (Å²) in [7, 11) is -3.87. The van der Waals surface area contributed by atoms with Crippen LogP contribution in [0.4, 0.5) is 0 Å². The molecule has 5 nitrogen and oxygen atoms in total. The first kappa shape index (κ1) is 21.7. The number of carbonyl (C=O) groups is 1. The summed E-state index contributed by atoms with van der Waals surface area (Å²) in [4.78, 5) is 17.8. The first-order valence-corrected chi connectivity index (χ1v) is 11.8. The molecule has 4 rings (SSSR count). The number of Topliss-reactive ketones (excluding diaryl/α,β-unsaturated/α-hetero) is 1. The lowest BCUT2D eigenvalue weighted by molar-refractivity contribution is 0.106. The van der Waals surface area contributed by atoms with E-state index in [9.17, 15) is 13.2 Å². The van der Waals surface area contributed by atoms with Crippen LogP contribution in [0.1, 0.15) is 38.2 Å². The molecule has 0 aliphatic heterocycles. The van der Waals surface area contributed by atoms with Gasteiger partial charge in [-0.1, -0.05) is 72.3 Å². The molecule has 1 N–H and O–H groups in total. The van der Waals surface area contributed by atoms with E-state index in [2.05, 4.69) is 9.71 Å². The first-order valence-electron chi connectivity index (χ1n) is 10.3. The molecule has 0 radical (unpaired) electrons. The quantitative estimate of drug-likeness (QED) is 0.616. The topological polar surface area (TPSA) is 75.6 Å². The number of hydrogen-bond acceptors (Lipinski definition) is 4. The minimum Gasteiger partial charge on any atom is -0.287 e. The van der Waals surface area contributed by atoms with Gasteiger partial charge in [0, 0.05) is 11.1 Å². The Balaban J connectivity index is 1.76. The maximum absolute atomic E-state index is 13.4. The van der Waals surface area contributed by atoms with Crippen molar-refractivity contribution >= 4 is 27.2 Å². The molecule has 0 fully saturated rings. The average molecular weight is 445 g/mol. The van der Waals surface area contributed by atoms with E-state index in [0.717, 1.165) is 11.1 Å². The van der Waals surface area contributed by atoms with Crippen molar-refractivity contribution < 1.29 is 13.2 Å². The normalized spacial score (nSPS) is 14.8. The summed E-state index contributed by atoms with van der Waals surface area (Å²) in [6.45, 7) is 5.84. The third kappa shape index (κ3) is 4.27. The molecular formula is C26H24N2O3S. The van der Waals surface area contributed by atoms with Gasteiger partial charge in [-0.15, -0.1) is 0 Å². The van der Waals surface area contributed by atoms with E-state index in [0.29, 0.717) is 34.5 Å². The third-order valence-corrected chi connectivity index (χ3v) is 7.04. The van der Waals surface area contributed by atoms with Crippen LogP contribution >= 0.6 is 0 Å². The highest BCUT2D eigenvalue weighted by atomic mass is 32.2. The summed E-state index contributed by atoms with van der Waals surface area (Å²) < 4.78 is 29.4. The summed E-state index contributed by atoms with van der Waals surface area (Å²) in [5.41, 5.74) is 4.85. The van der Waals surface area contributed by atoms with Gasteiger partial charge in [-0.25, -0.2) is 8.42 Å². The van der Waals surface area contributed by atoms with Crippen molar-refractivity contribution in [2.45, 2.75) is 32.2 Å². The summed E-state index contributed by atoms with van der Waals surface area (Å²) in [5.74, 6) is -0.220. The predicted molar refractivity (Wildman–Crippen MR) is 127 cm³/mol. The third-order valence-electron chi connectivity index (χ3n) is 5.37. The number of allylic oxidation sites excluding steroid dienone is 1. The average Bonchev–Trinajstić information content (AvgIpc) is 2.74. The Morgan fingerprint density at radius 1 is 0.844 bits per heavy atom. The van der Waals surface area contributed by atoms with Gasteiger partial charge in [-0.2, -0.15) is 0 Å². The molecule has 0 unspecified atom stereocenters. The number of benzene rings is 3. The first-order chi connectivity index (χ1) is 15.3. The van der Waals surface area contributed by atoms with Gasteiger partial charge in [0.25, 0.3) is 10.0 Å². The Kier molecular flexibility index (Phi) is 5.80. The van der Waals surface area contributed by atoms with Crippen LogP contribution in [0, 0.1) is 20.8 Å². The molecule has 32 heavy (non-hydrogen) atoms. The fourth-order valence-electron chi connectivity index (χ4n) is 4.08. The van der Waals surface area contributed by atoms with Gasteiger partial charge in [0.2, 0.25) is 5.78 Å². The largest absolute Gasteiger partial charge is 0.287 e. The number of nitrogens with one attached hydrogen (secondary N) is 1. The lowest BCUT2D eigenvalue weighted by Crippen LogP contribution is -2.29. The Morgan fingerprint density at radius 3 is 2.09 bits per heavy atom. The van der Waals surface area contributed by atoms with Crippen LogP contribution in [0.2, 0.25) is 0 Å². The van der Waals surface area contributed by atoms with Gasteiger partial charge in [-0.3, -0.25) is 14.5 Å². The predicted octanol–water partition coefficient (Wildman–Crippen LogP) is 4.77. The Bertz CT molecular complexity index is 1350. The monoisotopic (exact) mass is 444 g/mol. The Hall–Kier alpha value is -3.51. The van der Waals surface area contributed by atoms with Crippen molar-refractivity contribution in [3.63, 3.8) is 0 Å². The highest BCUT2D eigenvalue weighted by Crippen LogP contribution is 2.28. The fraction of sp³-hybridized carbons (Fsp3) is 0.154. The summed E-state index contributed by atoms with van der Waals surface area (Å²) in [6, 6.07) is 20.3. The van der Waals surface area contributed by atoms with Gasteiger partial charge in [0.15, 0.2) is 0 Å². The minimum atomic E-state index is -3.87. The smallest absolute Gasteiger partial charge is 0.262 e. The van der Waals surface area contributed by atoms with Crippen molar-refractivity contribution in [2.75, 3.05) is 0 Å². The van der Waals surface area contributed by atoms with E-state index in [-0.39, 0.29) is 16.4 Å². The number of aliphatic imine (C=N–C) groups is 1.